The minimum atomic E-state index is -0.465. The molecule has 0 fully saturated rings. The first-order chi connectivity index (χ1) is 12.0. The molecule has 0 bridgehead atoms. The summed E-state index contributed by atoms with van der Waals surface area (Å²) in [7, 11) is 0. The van der Waals surface area contributed by atoms with Gasteiger partial charge in [0.25, 0.3) is 0 Å². The van der Waals surface area contributed by atoms with E-state index in [1.54, 1.807) is 25.1 Å². The van der Waals surface area contributed by atoms with Crippen molar-refractivity contribution in [3.8, 4) is 11.3 Å². The number of carbonyl (C=O) groups excluding carboxylic acids is 1. The fraction of sp³-hybridized carbons (Fsp3) is 0.111. The molecule has 1 heterocycles. The zero-order chi connectivity index (χ0) is 17.8. The molecule has 0 saturated carbocycles. The highest BCUT2D eigenvalue weighted by Gasteiger charge is 2.17. The van der Waals surface area contributed by atoms with Crippen LogP contribution in [0.5, 0.6) is 0 Å². The summed E-state index contributed by atoms with van der Waals surface area (Å²) in [6.07, 6.45) is 0. The Morgan fingerprint density at radius 1 is 1.20 bits per heavy atom. The number of rotatable bonds is 4. The van der Waals surface area contributed by atoms with E-state index in [0.717, 1.165) is 10.0 Å². The molecular formula is C18H15BrFN3O2. The number of hydrogen-bond donors (Lipinski definition) is 2. The Morgan fingerprint density at radius 2 is 1.92 bits per heavy atom. The lowest BCUT2D eigenvalue weighted by atomic mass is 10.1. The smallest absolute Gasteiger partial charge is 0.319 e. The van der Waals surface area contributed by atoms with Crippen LogP contribution in [0.1, 0.15) is 11.3 Å². The molecule has 0 atom stereocenters. The van der Waals surface area contributed by atoms with Crippen LogP contribution >= 0.6 is 15.9 Å². The first-order valence-corrected chi connectivity index (χ1v) is 8.34. The number of nitrogens with one attached hydrogen (secondary N) is 2. The summed E-state index contributed by atoms with van der Waals surface area (Å²) in [4.78, 5) is 12.2. The highest BCUT2D eigenvalue weighted by Crippen LogP contribution is 2.31. The Labute approximate surface area is 152 Å². The van der Waals surface area contributed by atoms with E-state index in [0.29, 0.717) is 22.7 Å². The molecule has 5 nitrogen and oxygen atoms in total. The molecule has 0 aliphatic heterocycles. The highest BCUT2D eigenvalue weighted by atomic mass is 79.9. The number of benzene rings is 2. The van der Waals surface area contributed by atoms with Crippen LogP contribution < -0.4 is 10.6 Å². The van der Waals surface area contributed by atoms with Gasteiger partial charge < -0.3 is 15.2 Å². The molecule has 25 heavy (non-hydrogen) atoms. The average Bonchev–Trinajstić information content (AvgIpc) is 2.96. The molecule has 2 aromatic carbocycles. The van der Waals surface area contributed by atoms with Gasteiger partial charge >= 0.3 is 6.03 Å². The fourth-order valence-corrected chi connectivity index (χ4v) is 2.55. The topological polar surface area (TPSA) is 67.2 Å². The summed E-state index contributed by atoms with van der Waals surface area (Å²) in [5.41, 5.74) is 2.23. The molecule has 0 aliphatic carbocycles. The van der Waals surface area contributed by atoms with E-state index >= 15 is 0 Å². The number of anilines is 1. The maximum atomic E-state index is 13.6. The van der Waals surface area contributed by atoms with Gasteiger partial charge in [-0.15, -0.1) is 0 Å². The Balaban J connectivity index is 1.72. The number of halogens is 2. The van der Waals surface area contributed by atoms with Gasteiger partial charge in [-0.3, -0.25) is 0 Å². The minimum absolute atomic E-state index is 0.0798. The van der Waals surface area contributed by atoms with Gasteiger partial charge in [0.1, 0.15) is 17.2 Å². The first-order valence-electron chi connectivity index (χ1n) is 7.55. The van der Waals surface area contributed by atoms with Crippen LogP contribution in [0.15, 0.2) is 57.5 Å². The number of aryl methyl sites for hydroxylation is 1. The summed E-state index contributed by atoms with van der Waals surface area (Å²) < 4.78 is 19.9. The number of nitrogens with zero attached hydrogens (tertiary/aromatic N) is 1. The van der Waals surface area contributed by atoms with Crippen LogP contribution in [-0.2, 0) is 6.54 Å². The van der Waals surface area contributed by atoms with Crippen molar-refractivity contribution in [2.45, 2.75) is 13.5 Å². The SMILES string of the molecule is Cc1noc(-c2ccc(Br)cc2)c1NC(=O)NCc1ccccc1F. The van der Waals surface area contributed by atoms with Crippen molar-refractivity contribution in [1.82, 2.24) is 10.5 Å². The predicted molar refractivity (Wildman–Crippen MR) is 96.6 cm³/mol. The van der Waals surface area contributed by atoms with Crippen LogP contribution in [-0.4, -0.2) is 11.2 Å². The van der Waals surface area contributed by atoms with Gasteiger partial charge in [0.05, 0.1) is 0 Å². The second kappa shape index (κ2) is 7.48. The van der Waals surface area contributed by atoms with E-state index in [-0.39, 0.29) is 12.4 Å². The van der Waals surface area contributed by atoms with Crippen molar-refractivity contribution in [3.63, 3.8) is 0 Å². The summed E-state index contributed by atoms with van der Waals surface area (Å²) in [6, 6.07) is 13.3. The Kier molecular flexibility index (Phi) is 5.14. The molecule has 0 saturated heterocycles. The number of hydrogen-bond acceptors (Lipinski definition) is 3. The third-order valence-electron chi connectivity index (χ3n) is 3.60. The normalized spacial score (nSPS) is 10.5. The van der Waals surface area contributed by atoms with E-state index in [1.807, 2.05) is 24.3 Å². The molecule has 7 heteroatoms. The largest absolute Gasteiger partial charge is 0.354 e. The molecule has 1 aromatic heterocycles. The Hall–Kier alpha value is -2.67. The Morgan fingerprint density at radius 3 is 2.64 bits per heavy atom. The van der Waals surface area contributed by atoms with Gasteiger partial charge in [0.15, 0.2) is 5.76 Å². The van der Waals surface area contributed by atoms with Crippen LogP contribution in [0.3, 0.4) is 0 Å². The van der Waals surface area contributed by atoms with Gasteiger partial charge in [0, 0.05) is 22.1 Å². The monoisotopic (exact) mass is 403 g/mol. The van der Waals surface area contributed by atoms with Gasteiger partial charge in [-0.05, 0) is 37.3 Å². The van der Waals surface area contributed by atoms with Gasteiger partial charge in [-0.25, -0.2) is 9.18 Å². The molecular weight excluding hydrogens is 389 g/mol. The Bertz CT molecular complexity index is 894. The van der Waals surface area contributed by atoms with E-state index in [4.69, 9.17) is 4.52 Å². The van der Waals surface area contributed by atoms with Gasteiger partial charge in [-0.2, -0.15) is 0 Å². The summed E-state index contributed by atoms with van der Waals surface area (Å²) in [5, 5.41) is 9.26. The van der Waals surface area contributed by atoms with Gasteiger partial charge in [-0.1, -0.05) is 39.3 Å². The number of amides is 2. The molecule has 128 valence electrons. The third-order valence-corrected chi connectivity index (χ3v) is 4.13. The summed E-state index contributed by atoms with van der Waals surface area (Å²) >= 11 is 3.37. The number of aromatic nitrogens is 1. The second-order valence-corrected chi connectivity index (χ2v) is 6.29. The second-order valence-electron chi connectivity index (χ2n) is 5.38. The predicted octanol–water partition coefficient (Wildman–Crippen LogP) is 4.87. The lowest BCUT2D eigenvalue weighted by Gasteiger charge is -2.09. The molecule has 0 radical (unpaired) electrons. The van der Waals surface area contributed by atoms with Crippen LogP contribution in [0, 0.1) is 12.7 Å². The molecule has 0 unspecified atom stereocenters. The van der Waals surface area contributed by atoms with E-state index in [2.05, 4.69) is 31.7 Å². The van der Waals surface area contributed by atoms with Crippen molar-refractivity contribution in [1.29, 1.82) is 0 Å². The molecule has 2 N–H and O–H groups in total. The van der Waals surface area contributed by atoms with Crippen molar-refractivity contribution < 1.29 is 13.7 Å². The molecule has 0 aliphatic rings. The van der Waals surface area contributed by atoms with E-state index in [9.17, 15) is 9.18 Å². The first kappa shape index (κ1) is 17.2. The zero-order valence-corrected chi connectivity index (χ0v) is 14.9. The number of carbonyl (C=O) groups is 1. The third kappa shape index (κ3) is 4.06. The van der Waals surface area contributed by atoms with Crippen molar-refractivity contribution in [2.75, 3.05) is 5.32 Å². The van der Waals surface area contributed by atoms with Crippen LogP contribution in [0.2, 0.25) is 0 Å². The molecule has 3 rings (SSSR count). The maximum Gasteiger partial charge on any atom is 0.319 e. The average molecular weight is 404 g/mol. The van der Waals surface area contributed by atoms with E-state index < -0.39 is 6.03 Å². The highest BCUT2D eigenvalue weighted by molar-refractivity contribution is 9.10. The van der Waals surface area contributed by atoms with Crippen molar-refractivity contribution in [2.24, 2.45) is 0 Å². The van der Waals surface area contributed by atoms with Gasteiger partial charge in [0.2, 0.25) is 0 Å². The minimum Gasteiger partial charge on any atom is -0.354 e. The van der Waals surface area contributed by atoms with Crippen LogP contribution in [0.4, 0.5) is 14.9 Å². The van der Waals surface area contributed by atoms with Crippen LogP contribution in [0.25, 0.3) is 11.3 Å². The number of urea groups is 1. The van der Waals surface area contributed by atoms with Crippen molar-refractivity contribution in [3.05, 3.63) is 70.1 Å². The zero-order valence-electron chi connectivity index (χ0n) is 13.3. The standard InChI is InChI=1S/C18H15BrFN3O2/c1-11-16(17(25-23-11)12-6-8-14(19)9-7-12)22-18(24)21-10-13-4-2-3-5-15(13)20/h2-9H,10H2,1H3,(H2,21,22,24). The van der Waals surface area contributed by atoms with E-state index in [1.165, 1.54) is 6.07 Å². The summed E-state index contributed by atoms with van der Waals surface area (Å²) in [6.45, 7) is 1.81. The molecule has 0 spiro atoms. The maximum absolute atomic E-state index is 13.6. The van der Waals surface area contributed by atoms with Crippen molar-refractivity contribution >= 4 is 27.6 Å². The fourth-order valence-electron chi connectivity index (χ4n) is 2.29. The molecule has 2 amide bonds. The summed E-state index contributed by atoms with van der Waals surface area (Å²) in [5.74, 6) is 0.102. The molecule has 3 aromatic rings. The quantitative estimate of drug-likeness (QED) is 0.652. The lowest BCUT2D eigenvalue weighted by molar-refractivity contribution is 0.251. The lowest BCUT2D eigenvalue weighted by Crippen LogP contribution is -2.28.